The highest BCUT2D eigenvalue weighted by atomic mass is 15.2. The van der Waals surface area contributed by atoms with E-state index in [9.17, 15) is 0 Å². The number of nitrogens with zero attached hydrogens (tertiary/aromatic N) is 1. The quantitative estimate of drug-likeness (QED) is 0.111. The summed E-state index contributed by atoms with van der Waals surface area (Å²) in [6.45, 7) is 18.4. The molecule has 0 aliphatic carbocycles. The molecule has 1 heteroatoms. The van der Waals surface area contributed by atoms with E-state index < -0.39 is 0 Å². The Labute approximate surface area is 218 Å². The molecule has 0 aromatic rings. The molecule has 0 heterocycles. The number of rotatable bonds is 26. The molecule has 0 radical (unpaired) electrons. The SMILES string of the molecule is CCCCCCCCCCCCCN(C(C)(C)CCCCCCC)C(C)(C)CCCCCCC. The molecule has 0 N–H and O–H groups in total. The van der Waals surface area contributed by atoms with Gasteiger partial charge in [0, 0.05) is 11.1 Å². The molecule has 1 nitrogen and oxygen atoms in total. The zero-order chi connectivity index (χ0) is 25.5. The minimum absolute atomic E-state index is 0.317. The summed E-state index contributed by atoms with van der Waals surface area (Å²) in [7, 11) is 0. The lowest BCUT2D eigenvalue weighted by Gasteiger charge is -2.49. The van der Waals surface area contributed by atoms with Crippen LogP contribution in [0.15, 0.2) is 0 Å². The van der Waals surface area contributed by atoms with Crippen LogP contribution in [0, 0.1) is 0 Å². The second-order valence-corrected chi connectivity index (χ2v) is 12.6. The van der Waals surface area contributed by atoms with Gasteiger partial charge in [0.05, 0.1) is 0 Å². The molecular formula is C33H69N. The van der Waals surface area contributed by atoms with Crippen LogP contribution in [0.3, 0.4) is 0 Å². The van der Waals surface area contributed by atoms with Gasteiger partial charge in [0.1, 0.15) is 0 Å². The summed E-state index contributed by atoms with van der Waals surface area (Å²) in [6.07, 6.45) is 32.5. The Kier molecular flexibility index (Phi) is 22.2. The first-order chi connectivity index (χ1) is 16.3. The Hall–Kier alpha value is -0.0400. The van der Waals surface area contributed by atoms with Crippen molar-refractivity contribution in [2.45, 2.75) is 207 Å². The van der Waals surface area contributed by atoms with Crippen LogP contribution in [0.2, 0.25) is 0 Å². The Balaban J connectivity index is 4.52. The molecule has 0 amide bonds. The van der Waals surface area contributed by atoms with Gasteiger partial charge in [-0.05, 0) is 53.5 Å². The van der Waals surface area contributed by atoms with Gasteiger partial charge in [-0.25, -0.2) is 0 Å². The highest BCUT2D eigenvalue weighted by Gasteiger charge is 2.36. The molecule has 0 aliphatic heterocycles. The lowest BCUT2D eigenvalue weighted by molar-refractivity contribution is 0.00152. The summed E-state index contributed by atoms with van der Waals surface area (Å²) in [6, 6.07) is 0. The van der Waals surface area contributed by atoms with Gasteiger partial charge in [-0.2, -0.15) is 0 Å². The lowest BCUT2D eigenvalue weighted by Crippen LogP contribution is -2.55. The van der Waals surface area contributed by atoms with Gasteiger partial charge in [0.15, 0.2) is 0 Å². The van der Waals surface area contributed by atoms with Crippen molar-refractivity contribution < 1.29 is 0 Å². The topological polar surface area (TPSA) is 3.24 Å². The first-order valence-corrected chi connectivity index (χ1v) is 16.1. The van der Waals surface area contributed by atoms with Gasteiger partial charge in [-0.3, -0.25) is 4.90 Å². The predicted octanol–water partition coefficient (Wildman–Crippen LogP) is 11.9. The number of hydrogen-bond acceptors (Lipinski definition) is 1. The van der Waals surface area contributed by atoms with Crippen molar-refractivity contribution in [3.05, 3.63) is 0 Å². The third kappa shape index (κ3) is 18.3. The fraction of sp³-hybridized carbons (Fsp3) is 1.00. The lowest BCUT2D eigenvalue weighted by atomic mass is 9.85. The smallest absolute Gasteiger partial charge is 0.0158 e. The van der Waals surface area contributed by atoms with Crippen molar-refractivity contribution in [3.8, 4) is 0 Å². The zero-order valence-electron chi connectivity index (χ0n) is 25.4. The summed E-state index contributed by atoms with van der Waals surface area (Å²) in [5.41, 5.74) is 0.634. The van der Waals surface area contributed by atoms with E-state index >= 15 is 0 Å². The second kappa shape index (κ2) is 22.2. The van der Waals surface area contributed by atoms with Crippen LogP contribution >= 0.6 is 0 Å². The van der Waals surface area contributed by atoms with Gasteiger partial charge in [-0.1, -0.05) is 149 Å². The van der Waals surface area contributed by atoms with Crippen molar-refractivity contribution in [1.82, 2.24) is 4.90 Å². The first-order valence-electron chi connectivity index (χ1n) is 16.1. The van der Waals surface area contributed by atoms with Crippen LogP contribution < -0.4 is 0 Å². The molecule has 0 unspecified atom stereocenters. The van der Waals surface area contributed by atoms with Gasteiger partial charge >= 0.3 is 0 Å². The maximum atomic E-state index is 2.94. The van der Waals surface area contributed by atoms with Crippen molar-refractivity contribution in [2.75, 3.05) is 6.54 Å². The molecule has 0 aromatic carbocycles. The van der Waals surface area contributed by atoms with Crippen LogP contribution in [0.25, 0.3) is 0 Å². The average molecular weight is 480 g/mol. The minimum atomic E-state index is 0.317. The fourth-order valence-electron chi connectivity index (χ4n) is 5.95. The van der Waals surface area contributed by atoms with Crippen LogP contribution in [-0.2, 0) is 0 Å². The van der Waals surface area contributed by atoms with Crippen molar-refractivity contribution in [1.29, 1.82) is 0 Å². The second-order valence-electron chi connectivity index (χ2n) is 12.6. The van der Waals surface area contributed by atoms with Crippen molar-refractivity contribution >= 4 is 0 Å². The third-order valence-corrected chi connectivity index (χ3v) is 8.23. The van der Waals surface area contributed by atoms with E-state index in [-0.39, 0.29) is 0 Å². The normalized spacial score (nSPS) is 12.7. The highest BCUT2D eigenvalue weighted by molar-refractivity contribution is 4.92. The number of unbranched alkanes of at least 4 members (excludes halogenated alkanes) is 18. The maximum Gasteiger partial charge on any atom is 0.0158 e. The van der Waals surface area contributed by atoms with E-state index in [0.29, 0.717) is 11.1 Å². The minimum Gasteiger partial charge on any atom is -0.293 e. The molecule has 0 aromatic heterocycles. The van der Waals surface area contributed by atoms with E-state index in [2.05, 4.69) is 53.4 Å². The van der Waals surface area contributed by atoms with Gasteiger partial charge < -0.3 is 0 Å². The van der Waals surface area contributed by atoms with Gasteiger partial charge in [0.2, 0.25) is 0 Å². The zero-order valence-corrected chi connectivity index (χ0v) is 25.4. The molecule has 0 aliphatic rings. The molecule has 0 rings (SSSR count). The molecule has 0 spiro atoms. The maximum absolute atomic E-state index is 2.94. The predicted molar refractivity (Wildman–Crippen MR) is 158 cm³/mol. The molecule has 0 bridgehead atoms. The molecule has 0 atom stereocenters. The van der Waals surface area contributed by atoms with Gasteiger partial charge in [-0.15, -0.1) is 0 Å². The van der Waals surface area contributed by atoms with Crippen LogP contribution in [0.5, 0.6) is 0 Å². The Morgan fingerprint density at radius 3 is 0.941 bits per heavy atom. The molecule has 0 saturated carbocycles. The largest absolute Gasteiger partial charge is 0.293 e. The van der Waals surface area contributed by atoms with Crippen molar-refractivity contribution in [3.63, 3.8) is 0 Å². The van der Waals surface area contributed by atoms with Crippen LogP contribution in [0.4, 0.5) is 0 Å². The van der Waals surface area contributed by atoms with E-state index in [1.54, 1.807) is 0 Å². The van der Waals surface area contributed by atoms with Gasteiger partial charge in [0.25, 0.3) is 0 Å². The molecule has 206 valence electrons. The first kappa shape index (κ1) is 34.0. The Morgan fingerprint density at radius 2 is 0.618 bits per heavy atom. The van der Waals surface area contributed by atoms with E-state index in [1.807, 2.05) is 0 Å². The summed E-state index contributed by atoms with van der Waals surface area (Å²) < 4.78 is 0. The molecule has 34 heavy (non-hydrogen) atoms. The van der Waals surface area contributed by atoms with Crippen LogP contribution in [-0.4, -0.2) is 22.5 Å². The summed E-state index contributed by atoms with van der Waals surface area (Å²) >= 11 is 0. The highest BCUT2D eigenvalue weighted by Crippen LogP contribution is 2.34. The molecular weight excluding hydrogens is 410 g/mol. The summed E-state index contributed by atoms with van der Waals surface area (Å²) in [5.74, 6) is 0. The molecule has 0 fully saturated rings. The standard InChI is InChI=1S/C33H69N/c1-8-11-14-17-18-19-20-21-22-25-28-31-34(32(4,5)29-26-23-15-12-9-2)33(6,7)30-27-24-16-13-10-3/h8-31H2,1-7H3. The third-order valence-electron chi connectivity index (χ3n) is 8.23. The summed E-state index contributed by atoms with van der Waals surface area (Å²) in [4.78, 5) is 2.94. The van der Waals surface area contributed by atoms with E-state index in [4.69, 9.17) is 0 Å². The van der Waals surface area contributed by atoms with E-state index in [1.165, 1.54) is 154 Å². The average Bonchev–Trinajstić information content (AvgIpc) is 2.79. The number of hydrogen-bond donors (Lipinski definition) is 0. The summed E-state index contributed by atoms with van der Waals surface area (Å²) in [5, 5.41) is 0. The Bertz CT molecular complexity index is 385. The van der Waals surface area contributed by atoms with Crippen molar-refractivity contribution in [2.24, 2.45) is 0 Å². The van der Waals surface area contributed by atoms with Crippen LogP contribution in [0.1, 0.15) is 196 Å². The molecule has 0 saturated heterocycles. The van der Waals surface area contributed by atoms with E-state index in [0.717, 1.165) is 0 Å². The monoisotopic (exact) mass is 480 g/mol. The Morgan fingerprint density at radius 1 is 0.353 bits per heavy atom. The fourth-order valence-corrected chi connectivity index (χ4v) is 5.95.